The van der Waals surface area contributed by atoms with Crippen LogP contribution in [0.4, 0.5) is 0 Å². The Labute approximate surface area is 109 Å². The van der Waals surface area contributed by atoms with E-state index in [0.717, 1.165) is 12.5 Å². The maximum atomic E-state index is 4.76. The van der Waals surface area contributed by atoms with Crippen molar-refractivity contribution in [3.63, 3.8) is 0 Å². The van der Waals surface area contributed by atoms with E-state index in [0.29, 0.717) is 6.04 Å². The Morgan fingerprint density at radius 3 is 2.59 bits per heavy atom. The molecule has 1 N–H and O–H groups in total. The van der Waals surface area contributed by atoms with Gasteiger partial charge in [-0.05, 0) is 45.6 Å². The smallest absolute Gasteiger partial charge is 0.110 e. The predicted molar refractivity (Wildman–Crippen MR) is 74.6 cm³/mol. The summed E-state index contributed by atoms with van der Waals surface area (Å²) in [6.07, 6.45) is 6.75. The zero-order chi connectivity index (χ0) is 12.3. The van der Waals surface area contributed by atoms with Crippen LogP contribution in [0.25, 0.3) is 0 Å². The highest BCUT2D eigenvalue weighted by Crippen LogP contribution is 2.37. The van der Waals surface area contributed by atoms with Crippen LogP contribution in [0, 0.1) is 19.8 Å². The maximum Gasteiger partial charge on any atom is 0.110 e. The molecule has 1 aliphatic rings. The average Bonchev–Trinajstić information content (AvgIpc) is 2.92. The Balaban J connectivity index is 2.13. The molecule has 0 radical (unpaired) electrons. The maximum absolute atomic E-state index is 4.76. The summed E-state index contributed by atoms with van der Waals surface area (Å²) in [7, 11) is 0. The Morgan fingerprint density at radius 2 is 2.06 bits per heavy atom. The minimum Gasteiger partial charge on any atom is -0.308 e. The zero-order valence-corrected chi connectivity index (χ0v) is 12.1. The lowest BCUT2D eigenvalue weighted by Gasteiger charge is -2.22. The van der Waals surface area contributed by atoms with Gasteiger partial charge in [0.05, 0.1) is 11.7 Å². The van der Waals surface area contributed by atoms with Gasteiger partial charge in [-0.3, -0.25) is 0 Å². The lowest BCUT2D eigenvalue weighted by molar-refractivity contribution is 0.367. The fourth-order valence-electron chi connectivity index (χ4n) is 2.68. The molecule has 0 saturated heterocycles. The first-order chi connectivity index (χ1) is 8.22. The molecule has 1 atom stereocenters. The van der Waals surface area contributed by atoms with Gasteiger partial charge >= 0.3 is 0 Å². The van der Waals surface area contributed by atoms with Crippen LogP contribution in [0.15, 0.2) is 0 Å². The summed E-state index contributed by atoms with van der Waals surface area (Å²) in [4.78, 5) is 6.14. The molecule has 1 fully saturated rings. The summed E-state index contributed by atoms with van der Waals surface area (Å²) >= 11 is 1.89. The Bertz CT molecular complexity index is 334. The standard InChI is InChI=1S/C14H24N2S/c1-4-9-15-13(12-7-5-6-8-12)14-16-10(2)11(3)17-14/h12-13,15H,4-9H2,1-3H3. The minimum atomic E-state index is 0.509. The van der Waals surface area contributed by atoms with Gasteiger partial charge in [0.25, 0.3) is 0 Å². The molecular weight excluding hydrogens is 228 g/mol. The van der Waals surface area contributed by atoms with Gasteiger partial charge in [-0.15, -0.1) is 11.3 Å². The molecule has 1 heterocycles. The van der Waals surface area contributed by atoms with Crippen molar-refractivity contribution in [2.75, 3.05) is 6.54 Å². The summed E-state index contributed by atoms with van der Waals surface area (Å²) in [5.74, 6) is 0.812. The number of hydrogen-bond donors (Lipinski definition) is 1. The van der Waals surface area contributed by atoms with Crippen LogP contribution in [0.5, 0.6) is 0 Å². The Hall–Kier alpha value is -0.410. The van der Waals surface area contributed by atoms with Gasteiger partial charge in [-0.2, -0.15) is 0 Å². The molecule has 1 saturated carbocycles. The van der Waals surface area contributed by atoms with E-state index in [1.165, 1.54) is 47.7 Å². The summed E-state index contributed by atoms with van der Waals surface area (Å²) in [5, 5.41) is 5.04. The molecule has 96 valence electrons. The third-order valence-corrected chi connectivity index (χ3v) is 4.95. The second-order valence-corrected chi connectivity index (χ2v) is 6.40. The van der Waals surface area contributed by atoms with Crippen molar-refractivity contribution >= 4 is 11.3 Å². The lowest BCUT2D eigenvalue weighted by atomic mass is 9.98. The monoisotopic (exact) mass is 252 g/mol. The third-order valence-electron chi connectivity index (χ3n) is 3.80. The molecule has 0 aliphatic heterocycles. The summed E-state index contributed by atoms with van der Waals surface area (Å²) in [5.41, 5.74) is 1.21. The zero-order valence-electron chi connectivity index (χ0n) is 11.3. The predicted octanol–water partition coefficient (Wildman–Crippen LogP) is 3.99. The average molecular weight is 252 g/mol. The minimum absolute atomic E-state index is 0.509. The van der Waals surface area contributed by atoms with Crippen molar-refractivity contribution in [1.82, 2.24) is 10.3 Å². The van der Waals surface area contributed by atoms with Crippen molar-refractivity contribution < 1.29 is 0 Å². The van der Waals surface area contributed by atoms with Gasteiger partial charge in [0.1, 0.15) is 5.01 Å². The number of aromatic nitrogens is 1. The first kappa shape index (κ1) is 13.0. The first-order valence-corrected chi connectivity index (χ1v) is 7.71. The molecule has 0 spiro atoms. The van der Waals surface area contributed by atoms with Crippen LogP contribution in [0.3, 0.4) is 0 Å². The van der Waals surface area contributed by atoms with Gasteiger partial charge in [-0.1, -0.05) is 19.8 Å². The highest BCUT2D eigenvalue weighted by atomic mass is 32.1. The topological polar surface area (TPSA) is 24.9 Å². The SMILES string of the molecule is CCCNC(c1nc(C)c(C)s1)C1CCCC1. The van der Waals surface area contributed by atoms with Crippen LogP contribution in [-0.4, -0.2) is 11.5 Å². The van der Waals surface area contributed by atoms with Crippen LogP contribution in [0.1, 0.15) is 60.6 Å². The van der Waals surface area contributed by atoms with Gasteiger partial charge in [0.2, 0.25) is 0 Å². The quantitative estimate of drug-likeness (QED) is 0.857. The number of nitrogens with zero attached hydrogens (tertiary/aromatic N) is 1. The molecular formula is C14H24N2S. The number of aryl methyl sites for hydroxylation is 2. The van der Waals surface area contributed by atoms with Crippen molar-refractivity contribution in [2.45, 2.75) is 58.9 Å². The summed E-state index contributed by atoms with van der Waals surface area (Å²) in [6.45, 7) is 7.65. The molecule has 17 heavy (non-hydrogen) atoms. The molecule has 1 aliphatic carbocycles. The summed E-state index contributed by atoms with van der Waals surface area (Å²) in [6, 6.07) is 0.509. The molecule has 1 unspecified atom stereocenters. The van der Waals surface area contributed by atoms with Gasteiger partial charge in [-0.25, -0.2) is 4.98 Å². The third kappa shape index (κ3) is 3.08. The van der Waals surface area contributed by atoms with Gasteiger partial charge in [0, 0.05) is 4.88 Å². The van der Waals surface area contributed by atoms with E-state index in [1.54, 1.807) is 0 Å². The van der Waals surface area contributed by atoms with Crippen LogP contribution in [-0.2, 0) is 0 Å². The molecule has 2 rings (SSSR count). The van der Waals surface area contributed by atoms with Gasteiger partial charge < -0.3 is 5.32 Å². The van der Waals surface area contributed by atoms with Crippen molar-refractivity contribution in [3.8, 4) is 0 Å². The van der Waals surface area contributed by atoms with Crippen molar-refractivity contribution in [1.29, 1.82) is 0 Å². The van der Waals surface area contributed by atoms with Crippen LogP contribution >= 0.6 is 11.3 Å². The first-order valence-electron chi connectivity index (χ1n) is 6.89. The van der Waals surface area contributed by atoms with E-state index < -0.39 is 0 Å². The fraction of sp³-hybridized carbons (Fsp3) is 0.786. The highest BCUT2D eigenvalue weighted by molar-refractivity contribution is 7.11. The summed E-state index contributed by atoms with van der Waals surface area (Å²) < 4.78 is 0. The van der Waals surface area contributed by atoms with E-state index in [1.807, 2.05) is 11.3 Å². The van der Waals surface area contributed by atoms with Gasteiger partial charge in [0.15, 0.2) is 0 Å². The fourth-order valence-corrected chi connectivity index (χ4v) is 3.77. The van der Waals surface area contributed by atoms with E-state index in [4.69, 9.17) is 4.98 Å². The van der Waals surface area contributed by atoms with E-state index in [2.05, 4.69) is 26.1 Å². The Kier molecular flexibility index (Phi) is 4.57. The molecule has 0 aromatic carbocycles. The molecule has 0 amide bonds. The number of hydrogen-bond acceptors (Lipinski definition) is 3. The van der Waals surface area contributed by atoms with E-state index >= 15 is 0 Å². The number of nitrogens with one attached hydrogen (secondary N) is 1. The Morgan fingerprint density at radius 1 is 1.35 bits per heavy atom. The second-order valence-electron chi connectivity index (χ2n) is 5.17. The number of rotatable bonds is 5. The molecule has 2 nitrogen and oxygen atoms in total. The second kappa shape index (κ2) is 5.96. The van der Waals surface area contributed by atoms with Crippen molar-refractivity contribution in [2.24, 2.45) is 5.92 Å². The molecule has 3 heteroatoms. The van der Waals surface area contributed by atoms with E-state index in [9.17, 15) is 0 Å². The highest BCUT2D eigenvalue weighted by Gasteiger charge is 2.28. The molecule has 1 aromatic rings. The molecule has 0 bridgehead atoms. The van der Waals surface area contributed by atoms with E-state index in [-0.39, 0.29) is 0 Å². The molecule has 1 aromatic heterocycles. The lowest BCUT2D eigenvalue weighted by Crippen LogP contribution is -2.27. The van der Waals surface area contributed by atoms with Crippen LogP contribution < -0.4 is 5.32 Å². The van der Waals surface area contributed by atoms with Crippen LogP contribution in [0.2, 0.25) is 0 Å². The largest absolute Gasteiger partial charge is 0.308 e. The normalized spacial score (nSPS) is 18.8. The number of thiazole rings is 1. The van der Waals surface area contributed by atoms with Crippen molar-refractivity contribution in [3.05, 3.63) is 15.6 Å².